The van der Waals surface area contributed by atoms with Gasteiger partial charge in [0.25, 0.3) is 0 Å². The van der Waals surface area contributed by atoms with Crippen LogP contribution in [0.5, 0.6) is 0 Å². The maximum Gasteiger partial charge on any atom is 0.337 e. The second kappa shape index (κ2) is 4.65. The molecule has 88 valence electrons. The van der Waals surface area contributed by atoms with Crippen molar-refractivity contribution in [3.8, 4) is 0 Å². The molecule has 0 saturated carbocycles. The number of nitrogens with one attached hydrogen (secondary N) is 1. The topological polar surface area (TPSA) is 88.2 Å². The summed E-state index contributed by atoms with van der Waals surface area (Å²) in [5, 5.41) is 15.5. The minimum atomic E-state index is -0.990. The summed E-state index contributed by atoms with van der Waals surface area (Å²) >= 11 is 0. The molecule has 2 N–H and O–H groups in total. The van der Waals surface area contributed by atoms with Crippen LogP contribution in [0.1, 0.15) is 21.8 Å². The Morgan fingerprint density at radius 3 is 2.88 bits per heavy atom. The fourth-order valence-corrected chi connectivity index (χ4v) is 1.31. The highest BCUT2D eigenvalue weighted by molar-refractivity contribution is 5.87. The first-order valence-corrected chi connectivity index (χ1v) is 5.00. The van der Waals surface area contributed by atoms with Crippen molar-refractivity contribution in [3.63, 3.8) is 0 Å². The van der Waals surface area contributed by atoms with Crippen molar-refractivity contribution in [2.75, 3.05) is 5.32 Å². The maximum absolute atomic E-state index is 10.6. The van der Waals surface area contributed by atoms with E-state index in [0.29, 0.717) is 12.4 Å². The summed E-state index contributed by atoms with van der Waals surface area (Å²) in [5.41, 5.74) is 0.930. The van der Waals surface area contributed by atoms with Gasteiger partial charge in [-0.25, -0.2) is 9.78 Å². The Kier molecular flexibility index (Phi) is 3.04. The summed E-state index contributed by atoms with van der Waals surface area (Å²) in [6, 6.07) is 4.92. The molecule has 0 aliphatic carbocycles. The number of aromatic nitrogens is 2. The van der Waals surface area contributed by atoms with Crippen molar-refractivity contribution in [1.82, 2.24) is 10.1 Å². The molecular formula is C11H11N3O3. The Bertz CT molecular complexity index is 519. The van der Waals surface area contributed by atoms with E-state index < -0.39 is 5.97 Å². The third kappa shape index (κ3) is 2.81. The summed E-state index contributed by atoms with van der Waals surface area (Å²) in [4.78, 5) is 14.6. The molecule has 17 heavy (non-hydrogen) atoms. The van der Waals surface area contributed by atoms with E-state index in [1.807, 2.05) is 13.0 Å². The van der Waals surface area contributed by atoms with Gasteiger partial charge in [-0.05, 0) is 19.1 Å². The van der Waals surface area contributed by atoms with Gasteiger partial charge in [0, 0.05) is 12.3 Å². The fourth-order valence-electron chi connectivity index (χ4n) is 1.31. The van der Waals surface area contributed by atoms with Crippen molar-refractivity contribution < 1.29 is 14.4 Å². The smallest absolute Gasteiger partial charge is 0.337 e. The van der Waals surface area contributed by atoms with E-state index in [-0.39, 0.29) is 5.56 Å². The second-order valence-corrected chi connectivity index (χ2v) is 3.52. The Labute approximate surface area is 97.3 Å². The number of nitrogens with zero attached hydrogens (tertiary/aromatic N) is 2. The fraction of sp³-hybridized carbons (Fsp3) is 0.182. The molecule has 6 heteroatoms. The van der Waals surface area contributed by atoms with Crippen molar-refractivity contribution in [2.24, 2.45) is 0 Å². The van der Waals surface area contributed by atoms with E-state index in [4.69, 9.17) is 9.63 Å². The number of hydrogen-bond acceptors (Lipinski definition) is 5. The number of rotatable bonds is 4. The van der Waals surface area contributed by atoms with Crippen LogP contribution in [0, 0.1) is 6.92 Å². The zero-order valence-corrected chi connectivity index (χ0v) is 9.17. The van der Waals surface area contributed by atoms with Crippen LogP contribution in [-0.4, -0.2) is 21.2 Å². The molecule has 0 aromatic carbocycles. The monoisotopic (exact) mass is 233 g/mol. The molecule has 0 amide bonds. The van der Waals surface area contributed by atoms with Crippen LogP contribution in [0.15, 0.2) is 28.9 Å². The number of carbonyl (C=O) groups is 1. The number of aryl methyl sites for hydroxylation is 1. The van der Waals surface area contributed by atoms with Gasteiger partial charge in [0.1, 0.15) is 17.3 Å². The van der Waals surface area contributed by atoms with Gasteiger partial charge in [0.15, 0.2) is 0 Å². The third-order valence-corrected chi connectivity index (χ3v) is 2.14. The highest BCUT2D eigenvalue weighted by Gasteiger charge is 2.03. The van der Waals surface area contributed by atoms with Crippen molar-refractivity contribution in [1.29, 1.82) is 0 Å². The van der Waals surface area contributed by atoms with Crippen LogP contribution in [0.25, 0.3) is 0 Å². The lowest BCUT2D eigenvalue weighted by molar-refractivity contribution is 0.0696. The lowest BCUT2D eigenvalue weighted by atomic mass is 10.3. The molecule has 0 spiro atoms. The van der Waals surface area contributed by atoms with E-state index in [9.17, 15) is 4.79 Å². The van der Waals surface area contributed by atoms with Crippen LogP contribution < -0.4 is 5.32 Å². The van der Waals surface area contributed by atoms with Gasteiger partial charge in [0.2, 0.25) is 0 Å². The minimum Gasteiger partial charge on any atom is -0.478 e. The zero-order valence-electron chi connectivity index (χ0n) is 9.17. The summed E-state index contributed by atoms with van der Waals surface area (Å²) in [5.74, 6) is 0.350. The minimum absolute atomic E-state index is 0.160. The van der Waals surface area contributed by atoms with Crippen LogP contribution in [0.2, 0.25) is 0 Å². The average molecular weight is 233 g/mol. The molecule has 0 saturated heterocycles. The Hall–Kier alpha value is -2.37. The van der Waals surface area contributed by atoms with E-state index in [0.717, 1.165) is 11.5 Å². The zero-order chi connectivity index (χ0) is 12.3. The molecule has 2 rings (SSSR count). The van der Waals surface area contributed by atoms with Gasteiger partial charge in [-0.3, -0.25) is 0 Å². The summed E-state index contributed by atoms with van der Waals surface area (Å²) in [7, 11) is 0. The maximum atomic E-state index is 10.6. The van der Waals surface area contributed by atoms with E-state index in [2.05, 4.69) is 15.5 Å². The normalized spacial score (nSPS) is 10.2. The average Bonchev–Trinajstić information content (AvgIpc) is 2.73. The standard InChI is InChI=1S/C11H11N3O3/c1-7-4-9(14-17-7)6-13-10-3-2-8(5-12-10)11(15)16/h2-5H,6H2,1H3,(H,12,13)(H,15,16). The molecule has 0 aliphatic rings. The molecule has 0 fully saturated rings. The summed E-state index contributed by atoms with van der Waals surface area (Å²) in [6.07, 6.45) is 1.30. The Morgan fingerprint density at radius 2 is 2.35 bits per heavy atom. The first kappa shape index (κ1) is 11.1. The number of carboxylic acid groups (broad SMARTS) is 1. The molecule has 0 aliphatic heterocycles. The van der Waals surface area contributed by atoms with Gasteiger partial charge < -0.3 is 14.9 Å². The lowest BCUT2D eigenvalue weighted by Crippen LogP contribution is -2.03. The van der Waals surface area contributed by atoms with E-state index in [1.54, 1.807) is 6.07 Å². The van der Waals surface area contributed by atoms with Gasteiger partial charge in [0.05, 0.1) is 12.1 Å². The van der Waals surface area contributed by atoms with Gasteiger partial charge >= 0.3 is 5.97 Å². The first-order valence-electron chi connectivity index (χ1n) is 5.00. The molecule has 2 heterocycles. The molecule has 0 bridgehead atoms. The first-order chi connectivity index (χ1) is 8.15. The number of carboxylic acids is 1. The van der Waals surface area contributed by atoms with Gasteiger partial charge in [-0.15, -0.1) is 0 Å². The second-order valence-electron chi connectivity index (χ2n) is 3.52. The van der Waals surface area contributed by atoms with Crippen LogP contribution >= 0.6 is 0 Å². The molecule has 0 atom stereocenters. The highest BCUT2D eigenvalue weighted by atomic mass is 16.5. The predicted octanol–water partition coefficient (Wildman–Crippen LogP) is 1.69. The quantitative estimate of drug-likeness (QED) is 0.835. The SMILES string of the molecule is Cc1cc(CNc2ccc(C(=O)O)cn2)no1. The lowest BCUT2D eigenvalue weighted by Gasteiger charge is -2.02. The number of aromatic carboxylic acids is 1. The van der Waals surface area contributed by atoms with Gasteiger partial charge in [-0.1, -0.05) is 5.16 Å². The Morgan fingerprint density at radius 1 is 1.53 bits per heavy atom. The van der Waals surface area contributed by atoms with Crippen LogP contribution in [-0.2, 0) is 6.54 Å². The van der Waals surface area contributed by atoms with E-state index in [1.165, 1.54) is 12.3 Å². The Balaban J connectivity index is 1.97. The van der Waals surface area contributed by atoms with Crippen molar-refractivity contribution in [3.05, 3.63) is 41.4 Å². The van der Waals surface area contributed by atoms with Gasteiger partial charge in [-0.2, -0.15) is 0 Å². The molecule has 6 nitrogen and oxygen atoms in total. The summed E-state index contributed by atoms with van der Waals surface area (Å²) in [6.45, 7) is 2.30. The molecule has 0 unspecified atom stereocenters. The highest BCUT2D eigenvalue weighted by Crippen LogP contribution is 2.08. The largest absolute Gasteiger partial charge is 0.478 e. The molecule has 0 radical (unpaired) electrons. The van der Waals surface area contributed by atoms with Crippen LogP contribution in [0.3, 0.4) is 0 Å². The molecule has 2 aromatic heterocycles. The summed E-state index contributed by atoms with van der Waals surface area (Å²) < 4.78 is 4.92. The predicted molar refractivity (Wildman–Crippen MR) is 59.8 cm³/mol. The molecule has 2 aromatic rings. The number of pyridine rings is 1. The number of anilines is 1. The van der Waals surface area contributed by atoms with Crippen molar-refractivity contribution in [2.45, 2.75) is 13.5 Å². The van der Waals surface area contributed by atoms with Crippen LogP contribution in [0.4, 0.5) is 5.82 Å². The van der Waals surface area contributed by atoms with E-state index >= 15 is 0 Å². The number of hydrogen-bond donors (Lipinski definition) is 2. The van der Waals surface area contributed by atoms with Crippen molar-refractivity contribution >= 4 is 11.8 Å². The molecular weight excluding hydrogens is 222 g/mol. The third-order valence-electron chi connectivity index (χ3n) is 2.14.